The number of hydrogen-bond acceptors (Lipinski definition) is 5. The lowest BCUT2D eigenvalue weighted by atomic mass is 10.1. The van der Waals surface area contributed by atoms with Crippen molar-refractivity contribution >= 4 is 19.9 Å². The molecule has 1 aliphatic heterocycles. The lowest BCUT2D eigenvalue weighted by Crippen LogP contribution is -2.37. The molecule has 0 amide bonds. The summed E-state index contributed by atoms with van der Waals surface area (Å²) in [6.45, 7) is 1.60. The quantitative estimate of drug-likeness (QED) is 0.869. The fraction of sp³-hybridized carbons (Fsp3) is 0.538. The van der Waals surface area contributed by atoms with Crippen molar-refractivity contribution in [2.24, 2.45) is 0 Å². The van der Waals surface area contributed by atoms with Gasteiger partial charge >= 0.3 is 0 Å². The van der Waals surface area contributed by atoms with Gasteiger partial charge in [-0.25, -0.2) is 16.8 Å². The van der Waals surface area contributed by atoms with Crippen molar-refractivity contribution in [2.75, 3.05) is 18.6 Å². The van der Waals surface area contributed by atoms with Crippen LogP contribution in [0.3, 0.4) is 0 Å². The molecule has 0 bridgehead atoms. The van der Waals surface area contributed by atoms with Crippen molar-refractivity contribution in [2.45, 2.75) is 30.4 Å². The van der Waals surface area contributed by atoms with Crippen LogP contribution < -0.4 is 0 Å². The van der Waals surface area contributed by atoms with Gasteiger partial charge in [0, 0.05) is 13.1 Å². The van der Waals surface area contributed by atoms with Crippen LogP contribution in [-0.4, -0.2) is 50.8 Å². The van der Waals surface area contributed by atoms with Crippen LogP contribution in [0, 0.1) is 0 Å². The molecule has 2 atom stereocenters. The van der Waals surface area contributed by atoms with Gasteiger partial charge in [-0.15, -0.1) is 0 Å². The van der Waals surface area contributed by atoms with E-state index < -0.39 is 32.0 Å². The van der Waals surface area contributed by atoms with E-state index in [1.54, 1.807) is 19.1 Å². The van der Waals surface area contributed by atoms with E-state index in [4.69, 9.17) is 0 Å². The third kappa shape index (κ3) is 3.45. The largest absolute Gasteiger partial charge is 0.389 e. The Labute approximate surface area is 125 Å². The van der Waals surface area contributed by atoms with E-state index >= 15 is 0 Å². The van der Waals surface area contributed by atoms with Crippen LogP contribution in [0.15, 0.2) is 29.2 Å². The van der Waals surface area contributed by atoms with E-state index in [2.05, 4.69) is 0 Å². The molecule has 1 fully saturated rings. The van der Waals surface area contributed by atoms with Crippen molar-refractivity contribution in [3.8, 4) is 0 Å². The van der Waals surface area contributed by atoms with Gasteiger partial charge in [0.25, 0.3) is 0 Å². The third-order valence-electron chi connectivity index (χ3n) is 3.76. The summed E-state index contributed by atoms with van der Waals surface area (Å²) < 4.78 is 49.1. The molecule has 6 nitrogen and oxygen atoms in total. The molecule has 0 aliphatic carbocycles. The number of hydrogen-bond donors (Lipinski definition) is 1. The van der Waals surface area contributed by atoms with Gasteiger partial charge in [-0.3, -0.25) is 0 Å². The van der Waals surface area contributed by atoms with Crippen molar-refractivity contribution < 1.29 is 21.9 Å². The van der Waals surface area contributed by atoms with Gasteiger partial charge in [-0.05, 0) is 31.0 Å². The molecule has 1 aliphatic rings. The number of nitrogens with zero attached hydrogens (tertiary/aromatic N) is 1. The van der Waals surface area contributed by atoms with E-state index in [-0.39, 0.29) is 16.4 Å². The van der Waals surface area contributed by atoms with Crippen LogP contribution in [0.5, 0.6) is 0 Å². The number of aliphatic hydroxyl groups excluding tert-OH is 1. The third-order valence-corrected chi connectivity index (χ3v) is 7.44. The van der Waals surface area contributed by atoms with Crippen LogP contribution in [-0.2, 0) is 19.9 Å². The first kappa shape index (κ1) is 16.4. The molecule has 0 aromatic heterocycles. The van der Waals surface area contributed by atoms with E-state index in [0.717, 1.165) is 4.31 Å². The highest BCUT2D eigenvalue weighted by Crippen LogP contribution is 2.24. The second kappa shape index (κ2) is 5.68. The number of sulfonamides is 1. The van der Waals surface area contributed by atoms with Crippen LogP contribution in [0.4, 0.5) is 0 Å². The minimum absolute atomic E-state index is 0.0263. The Morgan fingerprint density at radius 1 is 1.29 bits per heavy atom. The molecule has 1 aromatic carbocycles. The summed E-state index contributed by atoms with van der Waals surface area (Å²) >= 11 is 0. The van der Waals surface area contributed by atoms with Gasteiger partial charge in [0.15, 0.2) is 9.84 Å². The maximum atomic E-state index is 12.5. The van der Waals surface area contributed by atoms with Crippen LogP contribution in [0.25, 0.3) is 0 Å². The Bertz CT molecular complexity index is 707. The number of aliphatic hydroxyl groups is 1. The van der Waals surface area contributed by atoms with Gasteiger partial charge in [0.2, 0.25) is 10.0 Å². The second-order valence-corrected chi connectivity index (χ2v) is 9.55. The molecule has 0 radical (unpaired) electrons. The van der Waals surface area contributed by atoms with Gasteiger partial charge in [0.1, 0.15) is 0 Å². The van der Waals surface area contributed by atoms with Crippen molar-refractivity contribution in [1.82, 2.24) is 4.31 Å². The Kier molecular flexibility index (Phi) is 4.44. The molecule has 118 valence electrons. The number of benzene rings is 1. The molecule has 0 saturated carbocycles. The van der Waals surface area contributed by atoms with Gasteiger partial charge in [-0.2, -0.15) is 4.31 Å². The van der Waals surface area contributed by atoms with E-state index in [0.29, 0.717) is 12.0 Å². The highest BCUT2D eigenvalue weighted by atomic mass is 32.2. The smallest absolute Gasteiger partial charge is 0.243 e. The van der Waals surface area contributed by atoms with Crippen molar-refractivity contribution in [3.05, 3.63) is 29.8 Å². The average Bonchev–Trinajstić information content (AvgIpc) is 2.78. The molecular weight excluding hydrogens is 314 g/mol. The monoisotopic (exact) mass is 333 g/mol. The number of rotatable bonds is 4. The highest BCUT2D eigenvalue weighted by Gasteiger charge is 2.36. The average molecular weight is 333 g/mol. The first-order valence-corrected chi connectivity index (χ1v) is 9.86. The zero-order valence-corrected chi connectivity index (χ0v) is 13.6. The Balaban J connectivity index is 2.25. The summed E-state index contributed by atoms with van der Waals surface area (Å²) in [5.41, 5.74) is 0.625. The summed E-state index contributed by atoms with van der Waals surface area (Å²) in [5, 5.41) is 9.43. The maximum Gasteiger partial charge on any atom is 0.243 e. The normalized spacial score (nSPS) is 23.3. The predicted octanol–water partition coefficient (Wildman–Crippen LogP) is 0.547. The second-order valence-electron chi connectivity index (χ2n) is 5.32. The van der Waals surface area contributed by atoms with Crippen LogP contribution in [0.2, 0.25) is 0 Å². The topological polar surface area (TPSA) is 91.8 Å². The standard InChI is InChI=1S/C13H19NO5S2/c1-10(15)11-3-5-13(6-4-11)21(18,19)14(2)12-7-8-20(16,17)9-12/h3-6,10,12,15H,7-9H2,1-2H3. The zero-order chi connectivity index (χ0) is 15.8. The lowest BCUT2D eigenvalue weighted by Gasteiger charge is -2.23. The fourth-order valence-corrected chi connectivity index (χ4v) is 5.60. The van der Waals surface area contributed by atoms with E-state index in [9.17, 15) is 21.9 Å². The summed E-state index contributed by atoms with van der Waals surface area (Å²) in [5.74, 6) is -0.104. The van der Waals surface area contributed by atoms with E-state index in [1.165, 1.54) is 19.2 Å². The van der Waals surface area contributed by atoms with E-state index in [1.807, 2.05) is 0 Å². The summed E-state index contributed by atoms with van der Waals surface area (Å²) in [7, 11) is -5.46. The molecule has 2 unspecified atom stereocenters. The van der Waals surface area contributed by atoms with Crippen molar-refractivity contribution in [1.29, 1.82) is 0 Å². The minimum Gasteiger partial charge on any atom is -0.389 e. The Morgan fingerprint density at radius 3 is 2.29 bits per heavy atom. The molecule has 0 spiro atoms. The molecule has 2 rings (SSSR count). The number of sulfone groups is 1. The lowest BCUT2D eigenvalue weighted by molar-refractivity contribution is 0.199. The first-order valence-electron chi connectivity index (χ1n) is 6.60. The zero-order valence-electron chi connectivity index (χ0n) is 11.9. The minimum atomic E-state index is -3.73. The summed E-state index contributed by atoms with van der Waals surface area (Å²) in [4.78, 5) is 0.0960. The molecule has 1 heterocycles. The van der Waals surface area contributed by atoms with Gasteiger partial charge in [-0.1, -0.05) is 12.1 Å². The van der Waals surface area contributed by atoms with Crippen LogP contribution >= 0.6 is 0 Å². The van der Waals surface area contributed by atoms with Crippen LogP contribution in [0.1, 0.15) is 25.0 Å². The van der Waals surface area contributed by atoms with Gasteiger partial charge < -0.3 is 5.11 Å². The van der Waals surface area contributed by atoms with Gasteiger partial charge in [0.05, 0.1) is 22.5 Å². The molecular formula is C13H19NO5S2. The predicted molar refractivity (Wildman–Crippen MR) is 79.1 cm³/mol. The fourth-order valence-electron chi connectivity index (χ4n) is 2.34. The highest BCUT2D eigenvalue weighted by molar-refractivity contribution is 7.92. The Hall–Kier alpha value is -0.960. The molecule has 1 N–H and O–H groups in total. The maximum absolute atomic E-state index is 12.5. The molecule has 21 heavy (non-hydrogen) atoms. The SMILES string of the molecule is CC(O)c1ccc(S(=O)(=O)N(C)C2CCS(=O)(=O)C2)cc1. The molecule has 1 aromatic rings. The van der Waals surface area contributed by atoms with Crippen molar-refractivity contribution in [3.63, 3.8) is 0 Å². The Morgan fingerprint density at radius 2 is 1.86 bits per heavy atom. The first-order chi connectivity index (χ1) is 9.63. The summed E-state index contributed by atoms with van der Waals surface area (Å²) in [6.07, 6.45) is -0.344. The molecule has 8 heteroatoms. The molecule has 1 saturated heterocycles. The summed E-state index contributed by atoms with van der Waals surface area (Å²) in [6, 6.07) is 5.44.